The molecule has 0 bridgehead atoms. The number of rotatable bonds is 0. The smallest absolute Gasteiger partial charge is 0.822 e. The molecular weight excluding hydrogens is 174 g/mol. The van der Waals surface area contributed by atoms with Crippen molar-refractivity contribution in [3.63, 3.8) is 0 Å². The van der Waals surface area contributed by atoms with E-state index in [1.54, 1.807) is 0 Å². The van der Waals surface area contributed by atoms with E-state index in [0.29, 0.717) is 0 Å². The van der Waals surface area contributed by atoms with Gasteiger partial charge in [-0.2, -0.15) is 7.82 Å². The van der Waals surface area contributed by atoms with E-state index < -0.39 is 7.82 Å². The molecule has 0 radical (unpaired) electrons. The van der Waals surface area contributed by atoms with E-state index >= 15 is 0 Å². The average molecular weight is 176 g/mol. The van der Waals surface area contributed by atoms with Crippen LogP contribution in [0.5, 0.6) is 0 Å². The number of hydrogen-bond donors (Lipinski definition) is 0. The van der Waals surface area contributed by atoms with Crippen LogP contribution in [0.2, 0.25) is 0 Å². The van der Waals surface area contributed by atoms with Crippen molar-refractivity contribution >= 4 is 7.82 Å². The Kier molecular flexibility index (Phi) is 23.4. The van der Waals surface area contributed by atoms with E-state index in [0.717, 1.165) is 0 Å². The fourth-order valence-corrected chi connectivity index (χ4v) is 0. The van der Waals surface area contributed by atoms with Gasteiger partial charge in [0.05, 0.1) is 0 Å². The molecule has 0 saturated carbocycles. The Balaban J connectivity index is -0.0000000267. The van der Waals surface area contributed by atoms with Crippen LogP contribution in [0, 0.1) is 0 Å². The third-order valence-corrected chi connectivity index (χ3v) is 0. The van der Waals surface area contributed by atoms with Crippen LogP contribution in [0.1, 0.15) is 0 Å². The molecule has 0 fully saturated rings. The van der Waals surface area contributed by atoms with Crippen molar-refractivity contribution in [2.45, 2.75) is 0 Å². The molecule has 0 unspecified atom stereocenters. The van der Waals surface area contributed by atoms with E-state index in [1.807, 2.05) is 0 Å². The Morgan fingerprint density at radius 1 is 1.12 bits per heavy atom. The fraction of sp³-hybridized carbons (Fsp3) is 0. The second kappa shape index (κ2) is 8.19. The van der Waals surface area contributed by atoms with Crippen LogP contribution < -0.4 is 33.5 Å². The zero-order valence-corrected chi connectivity index (χ0v) is 5.93. The molecule has 0 aromatic rings. The first-order valence-electron chi connectivity index (χ1n) is 0.730. The molecule has 0 rings (SSSR count). The van der Waals surface area contributed by atoms with Crippen LogP contribution >= 0.6 is 7.82 Å². The normalized spacial score (nSPS) is 7.38. The molecule has 0 spiro atoms. The summed E-state index contributed by atoms with van der Waals surface area (Å²) in [5.41, 5.74) is 0. The first-order valence-corrected chi connectivity index (χ1v) is 2.19. The van der Waals surface area contributed by atoms with Crippen LogP contribution in [0.25, 0.3) is 0 Å². The van der Waals surface area contributed by atoms with E-state index in [1.165, 1.54) is 0 Å². The van der Waals surface area contributed by atoms with Gasteiger partial charge in [-0.25, -0.2) is 0 Å². The van der Waals surface area contributed by atoms with Crippen LogP contribution in [-0.4, -0.2) is 5.48 Å². The molecule has 0 aromatic carbocycles. The second-order valence-corrected chi connectivity index (χ2v) is 1.34. The second-order valence-electron chi connectivity index (χ2n) is 0.447. The summed E-state index contributed by atoms with van der Waals surface area (Å²) in [6.07, 6.45) is 0. The Bertz CT molecular complexity index is 58.6. The monoisotopic (exact) mass is 176 g/mol. The summed E-state index contributed by atoms with van der Waals surface area (Å²) < 4.78 is 8.55. The van der Waals surface area contributed by atoms with Gasteiger partial charge in [0.1, 0.15) is 0 Å². The molecule has 46 valence electrons. The summed E-state index contributed by atoms with van der Waals surface area (Å²) >= 11 is 0. The largest absolute Gasteiger partial charge is 2.00 e. The predicted octanol–water partition coefficient (Wildman–Crippen LogP) is -6.65. The Hall–Kier alpha value is 1.19. The average Bonchev–Trinajstić information content (AvgIpc) is 0.722. The third-order valence-electron chi connectivity index (χ3n) is 0. The zero-order valence-electron chi connectivity index (χ0n) is 3.93. The van der Waals surface area contributed by atoms with Crippen molar-refractivity contribution in [1.29, 1.82) is 0 Å². The van der Waals surface area contributed by atoms with E-state index in [2.05, 4.69) is 0 Å². The fourth-order valence-electron chi connectivity index (χ4n) is 0. The maximum Gasteiger partial charge on any atom is 2.00 e. The minimum atomic E-state index is -5.39. The van der Waals surface area contributed by atoms with Crippen LogP contribution in [0.15, 0.2) is 0 Å². The Morgan fingerprint density at radius 3 is 1.12 bits per heavy atom. The summed E-state index contributed by atoms with van der Waals surface area (Å²) in [7, 11) is -5.39. The van der Waals surface area contributed by atoms with Gasteiger partial charge >= 0.3 is 35.9 Å². The number of hydrogen-bond acceptors (Lipinski definition) is 4. The molecule has 5 nitrogen and oxygen atoms in total. The van der Waals surface area contributed by atoms with Gasteiger partial charge in [-0.3, -0.25) is 0 Å². The van der Waals surface area contributed by atoms with Crippen LogP contribution in [-0.2, 0) is 21.6 Å². The molecule has 0 atom stereocenters. The quantitative estimate of drug-likeness (QED) is 0.269. The molecule has 0 aliphatic carbocycles. The summed E-state index contributed by atoms with van der Waals surface area (Å²) in [6, 6.07) is 0. The minimum absolute atomic E-state index is 0. The molecule has 0 aliphatic heterocycles. The molecule has 0 amide bonds. The molecule has 0 aliphatic rings. The maximum absolute atomic E-state index is 8.55. The standard InChI is InChI=1S/Fe.Li.H3O4P.H2O/c;;1-5(2,3)4;/h;;(H3,1,2,3,4);1H2/q+2;+1;;/p-3. The molecule has 8 heavy (non-hydrogen) atoms. The van der Waals surface area contributed by atoms with Gasteiger partial charge in [-0.05, 0) is 0 Å². The van der Waals surface area contributed by atoms with Crippen LogP contribution in [0.3, 0.4) is 0 Å². The zero-order chi connectivity index (χ0) is 4.50. The Labute approximate surface area is 68.7 Å². The van der Waals surface area contributed by atoms with E-state index in [9.17, 15) is 0 Å². The molecule has 8 heteroatoms. The number of phosphoric acid groups is 1. The third kappa shape index (κ3) is 195. The van der Waals surface area contributed by atoms with E-state index in [4.69, 9.17) is 19.2 Å². The van der Waals surface area contributed by atoms with Crippen molar-refractivity contribution in [2.75, 3.05) is 0 Å². The molecule has 0 heterocycles. The molecular formula is H2FeLiO5P. The van der Waals surface area contributed by atoms with Crippen LogP contribution in [0.4, 0.5) is 0 Å². The van der Waals surface area contributed by atoms with Crippen molar-refractivity contribution in [2.24, 2.45) is 0 Å². The van der Waals surface area contributed by atoms with Crippen molar-refractivity contribution in [3.05, 3.63) is 0 Å². The molecule has 2 N–H and O–H groups in total. The molecule has 0 aromatic heterocycles. The van der Waals surface area contributed by atoms with Gasteiger partial charge in [-0.1, -0.05) is 0 Å². The predicted molar refractivity (Wildman–Crippen MR) is 11.2 cm³/mol. The van der Waals surface area contributed by atoms with E-state index in [-0.39, 0.29) is 41.4 Å². The topological polar surface area (TPSA) is 118 Å². The van der Waals surface area contributed by atoms with Gasteiger partial charge in [0.25, 0.3) is 0 Å². The van der Waals surface area contributed by atoms with Crippen molar-refractivity contribution in [3.8, 4) is 0 Å². The summed E-state index contributed by atoms with van der Waals surface area (Å²) in [5, 5.41) is 0. The van der Waals surface area contributed by atoms with Crippen molar-refractivity contribution < 1.29 is 60.7 Å². The summed E-state index contributed by atoms with van der Waals surface area (Å²) in [4.78, 5) is 25.6. The first kappa shape index (κ1) is 22.9. The first-order chi connectivity index (χ1) is 2.00. The van der Waals surface area contributed by atoms with Gasteiger partial charge in [0.15, 0.2) is 0 Å². The van der Waals surface area contributed by atoms with Gasteiger partial charge in [-0.15, -0.1) is 0 Å². The van der Waals surface area contributed by atoms with Gasteiger partial charge in [0.2, 0.25) is 0 Å². The van der Waals surface area contributed by atoms with Gasteiger partial charge in [0, 0.05) is 0 Å². The molecule has 0 saturated heterocycles. The minimum Gasteiger partial charge on any atom is -0.822 e. The van der Waals surface area contributed by atoms with Crippen molar-refractivity contribution in [1.82, 2.24) is 0 Å². The maximum atomic E-state index is 8.55. The Morgan fingerprint density at radius 2 is 1.12 bits per heavy atom. The summed E-state index contributed by atoms with van der Waals surface area (Å²) in [5.74, 6) is 0. The summed E-state index contributed by atoms with van der Waals surface area (Å²) in [6.45, 7) is 0. The van der Waals surface area contributed by atoms with Gasteiger partial charge < -0.3 is 24.7 Å². The SMILES string of the molecule is O.O=P([O-])([O-])[O-].[Fe+2].[Li+].